The summed E-state index contributed by atoms with van der Waals surface area (Å²) in [5, 5.41) is 3.27. The van der Waals surface area contributed by atoms with Crippen LogP contribution >= 0.6 is 0 Å². The van der Waals surface area contributed by atoms with Crippen LogP contribution in [0.5, 0.6) is 0 Å². The Bertz CT molecular complexity index is 469. The van der Waals surface area contributed by atoms with Crippen molar-refractivity contribution in [2.45, 2.75) is 38.4 Å². The summed E-state index contributed by atoms with van der Waals surface area (Å²) in [6, 6.07) is 5.46. The number of ether oxygens (including phenoxy) is 1. The van der Waals surface area contributed by atoms with Crippen molar-refractivity contribution in [3.05, 3.63) is 35.4 Å². The minimum atomic E-state index is -4.31. The van der Waals surface area contributed by atoms with E-state index in [1.165, 1.54) is 6.07 Å². The summed E-state index contributed by atoms with van der Waals surface area (Å²) in [6.45, 7) is 3.23. The van der Waals surface area contributed by atoms with Crippen LogP contribution in [0.3, 0.4) is 0 Å². The normalized spacial score (nSPS) is 18.5. The molecule has 1 atom stereocenters. The van der Waals surface area contributed by atoms with Crippen molar-refractivity contribution < 1.29 is 17.9 Å². The van der Waals surface area contributed by atoms with Crippen LogP contribution in [0.15, 0.2) is 24.3 Å². The third-order valence-corrected chi connectivity index (χ3v) is 4.31. The summed E-state index contributed by atoms with van der Waals surface area (Å²) in [5.41, 5.74) is -0.0171. The van der Waals surface area contributed by atoms with E-state index in [0.29, 0.717) is 12.2 Å². The maximum atomic E-state index is 13.0. The maximum absolute atomic E-state index is 13.0. The molecule has 1 aliphatic rings. The first-order valence-corrected chi connectivity index (χ1v) is 7.26. The van der Waals surface area contributed by atoms with Crippen molar-refractivity contribution >= 4 is 0 Å². The highest BCUT2D eigenvalue weighted by Gasteiger charge is 2.42. The highest BCUT2D eigenvalue weighted by atomic mass is 19.4. The highest BCUT2D eigenvalue weighted by Crippen LogP contribution is 2.48. The molecule has 118 valence electrons. The minimum absolute atomic E-state index is 0.220. The molecule has 0 bridgehead atoms. The van der Waals surface area contributed by atoms with Crippen molar-refractivity contribution in [1.82, 2.24) is 5.32 Å². The number of hydrogen-bond acceptors (Lipinski definition) is 2. The smallest absolute Gasteiger partial charge is 0.385 e. The zero-order chi connectivity index (χ0) is 15.5. The van der Waals surface area contributed by atoms with E-state index in [-0.39, 0.29) is 11.5 Å². The fourth-order valence-electron chi connectivity index (χ4n) is 2.62. The summed E-state index contributed by atoms with van der Waals surface area (Å²) < 4.78 is 44.1. The van der Waals surface area contributed by atoms with E-state index in [4.69, 9.17) is 4.74 Å². The SMILES string of the molecule is COCCC1(CNC(C)c2ccccc2C(F)(F)F)CC1. The first-order valence-electron chi connectivity index (χ1n) is 7.26. The van der Waals surface area contributed by atoms with E-state index in [9.17, 15) is 13.2 Å². The number of rotatable bonds is 7. The molecule has 1 unspecified atom stereocenters. The zero-order valence-electron chi connectivity index (χ0n) is 12.5. The van der Waals surface area contributed by atoms with Crippen molar-refractivity contribution in [2.75, 3.05) is 20.3 Å². The number of benzene rings is 1. The van der Waals surface area contributed by atoms with Crippen molar-refractivity contribution in [3.8, 4) is 0 Å². The lowest BCUT2D eigenvalue weighted by molar-refractivity contribution is -0.138. The van der Waals surface area contributed by atoms with E-state index in [1.807, 2.05) is 0 Å². The van der Waals surface area contributed by atoms with Gasteiger partial charge in [-0.25, -0.2) is 0 Å². The molecule has 0 amide bonds. The number of methoxy groups -OCH3 is 1. The van der Waals surface area contributed by atoms with Gasteiger partial charge in [0.1, 0.15) is 0 Å². The predicted molar refractivity (Wildman–Crippen MR) is 76.0 cm³/mol. The fourth-order valence-corrected chi connectivity index (χ4v) is 2.62. The standard InChI is InChI=1S/C16H22F3NO/c1-12(20-11-15(7-8-15)9-10-21-2)13-5-3-4-6-14(13)16(17,18)19/h3-6,12,20H,7-11H2,1-2H3. The Hall–Kier alpha value is -1.07. The van der Waals surface area contributed by atoms with Crippen LogP contribution in [0.25, 0.3) is 0 Å². The van der Waals surface area contributed by atoms with Crippen molar-refractivity contribution in [3.63, 3.8) is 0 Å². The first-order chi connectivity index (χ1) is 9.88. The summed E-state index contributed by atoms with van der Waals surface area (Å²) in [4.78, 5) is 0. The van der Waals surface area contributed by atoms with Crippen LogP contribution in [-0.2, 0) is 10.9 Å². The number of alkyl halides is 3. The van der Waals surface area contributed by atoms with E-state index in [2.05, 4.69) is 5.32 Å². The molecular weight excluding hydrogens is 279 g/mol. The lowest BCUT2D eigenvalue weighted by atomic mass is 9.98. The second-order valence-corrected chi connectivity index (χ2v) is 5.93. The molecule has 1 saturated carbocycles. The first kappa shape index (κ1) is 16.3. The molecule has 2 rings (SSSR count). The largest absolute Gasteiger partial charge is 0.416 e. The van der Waals surface area contributed by atoms with Crippen molar-refractivity contribution in [2.24, 2.45) is 5.41 Å². The molecule has 0 radical (unpaired) electrons. The second kappa shape index (κ2) is 6.36. The quantitative estimate of drug-likeness (QED) is 0.816. The van der Waals surface area contributed by atoms with Crippen LogP contribution in [0.4, 0.5) is 13.2 Å². The van der Waals surface area contributed by atoms with E-state index < -0.39 is 11.7 Å². The third-order valence-electron chi connectivity index (χ3n) is 4.31. The fraction of sp³-hybridized carbons (Fsp3) is 0.625. The lowest BCUT2D eigenvalue weighted by Gasteiger charge is -2.22. The molecule has 1 aromatic carbocycles. The van der Waals surface area contributed by atoms with Crippen molar-refractivity contribution in [1.29, 1.82) is 0 Å². The average molecular weight is 301 g/mol. The maximum Gasteiger partial charge on any atom is 0.416 e. The van der Waals surface area contributed by atoms with Crippen LogP contribution < -0.4 is 5.32 Å². The van der Waals surface area contributed by atoms with Gasteiger partial charge in [0.25, 0.3) is 0 Å². The summed E-state index contributed by atoms with van der Waals surface area (Å²) >= 11 is 0. The second-order valence-electron chi connectivity index (χ2n) is 5.93. The highest BCUT2D eigenvalue weighted by molar-refractivity contribution is 5.32. The van der Waals surface area contributed by atoms with Gasteiger partial charge in [0, 0.05) is 26.3 Å². The molecular formula is C16H22F3NO. The Morgan fingerprint density at radius 3 is 2.52 bits per heavy atom. The molecule has 0 aliphatic heterocycles. The van der Waals surface area contributed by atoms with Crippen LogP contribution in [-0.4, -0.2) is 20.3 Å². The average Bonchev–Trinajstić information content (AvgIpc) is 3.22. The van der Waals surface area contributed by atoms with Gasteiger partial charge in [0.05, 0.1) is 5.56 Å². The molecule has 0 heterocycles. The van der Waals surface area contributed by atoms with Gasteiger partial charge in [-0.05, 0) is 43.2 Å². The molecule has 5 heteroatoms. The van der Waals surface area contributed by atoms with Gasteiger partial charge in [-0.3, -0.25) is 0 Å². The van der Waals surface area contributed by atoms with Gasteiger partial charge >= 0.3 is 6.18 Å². The molecule has 0 spiro atoms. The van der Waals surface area contributed by atoms with E-state index >= 15 is 0 Å². The van der Waals surface area contributed by atoms with Gasteiger partial charge in [-0.2, -0.15) is 13.2 Å². The molecule has 2 nitrogen and oxygen atoms in total. The number of halogens is 3. The van der Waals surface area contributed by atoms with E-state index in [1.54, 1.807) is 26.2 Å². The Balaban J connectivity index is 2.00. The number of hydrogen-bond donors (Lipinski definition) is 1. The third kappa shape index (κ3) is 4.20. The molecule has 1 aliphatic carbocycles. The molecule has 0 aromatic heterocycles. The Kier molecular flexibility index (Phi) is 4.94. The molecule has 1 aromatic rings. The zero-order valence-corrected chi connectivity index (χ0v) is 12.5. The van der Waals surface area contributed by atoms with Gasteiger partial charge in [0.2, 0.25) is 0 Å². The van der Waals surface area contributed by atoms with Gasteiger partial charge in [0.15, 0.2) is 0 Å². The Morgan fingerprint density at radius 2 is 1.95 bits per heavy atom. The van der Waals surface area contributed by atoms with Gasteiger partial charge in [-0.1, -0.05) is 18.2 Å². The van der Waals surface area contributed by atoms with Gasteiger partial charge in [-0.15, -0.1) is 0 Å². The molecule has 21 heavy (non-hydrogen) atoms. The van der Waals surface area contributed by atoms with E-state index in [0.717, 1.165) is 31.9 Å². The van der Waals surface area contributed by atoms with Crippen LogP contribution in [0.1, 0.15) is 43.4 Å². The molecule has 0 saturated heterocycles. The summed E-state index contributed by atoms with van der Waals surface area (Å²) in [7, 11) is 1.67. The molecule has 1 fully saturated rings. The summed E-state index contributed by atoms with van der Waals surface area (Å²) in [5.74, 6) is 0. The monoisotopic (exact) mass is 301 g/mol. The lowest BCUT2D eigenvalue weighted by Crippen LogP contribution is -2.29. The Morgan fingerprint density at radius 1 is 1.29 bits per heavy atom. The van der Waals surface area contributed by atoms with Crippen LogP contribution in [0, 0.1) is 5.41 Å². The molecule has 1 N–H and O–H groups in total. The predicted octanol–water partition coefficient (Wildman–Crippen LogP) is 4.17. The summed E-state index contributed by atoms with van der Waals surface area (Å²) in [6.07, 6.45) is -1.10. The van der Waals surface area contributed by atoms with Crippen LogP contribution in [0.2, 0.25) is 0 Å². The topological polar surface area (TPSA) is 21.3 Å². The number of nitrogens with one attached hydrogen (secondary N) is 1. The minimum Gasteiger partial charge on any atom is -0.385 e. The Labute approximate surface area is 123 Å². The van der Waals surface area contributed by atoms with Gasteiger partial charge < -0.3 is 10.1 Å².